The smallest absolute Gasteiger partial charge is 0.410 e. The maximum Gasteiger partial charge on any atom is 0.410 e. The van der Waals surface area contributed by atoms with E-state index in [4.69, 9.17) is 33.7 Å². The van der Waals surface area contributed by atoms with Crippen molar-refractivity contribution in [1.82, 2.24) is 4.90 Å². The van der Waals surface area contributed by atoms with Gasteiger partial charge in [-0.1, -0.05) is 145 Å². The molecule has 2 N–H and O–H groups in total. The summed E-state index contributed by atoms with van der Waals surface area (Å²) in [5.41, 5.74) is 7.20. The van der Waals surface area contributed by atoms with Gasteiger partial charge in [0, 0.05) is 37.7 Å². The number of hydrogen-bond acceptors (Lipinski definition) is 10. The van der Waals surface area contributed by atoms with Crippen LogP contribution in [0.25, 0.3) is 11.1 Å². The number of halogens is 1. The van der Waals surface area contributed by atoms with E-state index in [9.17, 15) is 14.6 Å². The molecule has 12 heteroatoms. The highest BCUT2D eigenvalue weighted by Gasteiger charge is 2.65. The monoisotopic (exact) mass is 1010 g/mol. The fourth-order valence-electron chi connectivity index (χ4n) is 11.1. The second kappa shape index (κ2) is 25.9. The van der Waals surface area contributed by atoms with Crippen molar-refractivity contribution in [2.45, 2.75) is 82.5 Å². The molecule has 6 unspecified atom stereocenters. The van der Waals surface area contributed by atoms with Gasteiger partial charge in [0.05, 0.1) is 31.5 Å². The van der Waals surface area contributed by atoms with Crippen molar-refractivity contribution < 1.29 is 47.9 Å². The van der Waals surface area contributed by atoms with Crippen LogP contribution in [0.3, 0.4) is 0 Å². The second-order valence-corrected chi connectivity index (χ2v) is 19.4. The summed E-state index contributed by atoms with van der Waals surface area (Å²) in [4.78, 5) is 23.0. The summed E-state index contributed by atoms with van der Waals surface area (Å²) in [6.07, 6.45) is 7.83. The number of fused-ring (bicyclic) bond motifs is 2. The number of hydrogen-bond donors (Lipinski definition) is 2. The van der Waals surface area contributed by atoms with Gasteiger partial charge < -0.3 is 38.7 Å². The first kappa shape index (κ1) is 52.8. The first-order valence-corrected chi connectivity index (χ1v) is 26.2. The van der Waals surface area contributed by atoms with Gasteiger partial charge in [-0.3, -0.25) is 4.90 Å². The highest BCUT2D eigenvalue weighted by molar-refractivity contribution is 6.03. The molecule has 0 spiro atoms. The fraction of sp³-hybridized carbons (Fsp3) is 0.333. The lowest BCUT2D eigenvalue weighted by atomic mass is 9.55. The second-order valence-electron chi connectivity index (χ2n) is 19.4. The number of oxime groups is 1. The molecule has 1 saturated carbocycles. The molecule has 390 valence electrons. The van der Waals surface area contributed by atoms with Gasteiger partial charge in [0.25, 0.3) is 0 Å². The van der Waals surface area contributed by atoms with Gasteiger partial charge in [-0.2, -0.15) is 0 Å². The molecule has 75 heavy (non-hydrogen) atoms. The van der Waals surface area contributed by atoms with Crippen molar-refractivity contribution in [3.63, 3.8) is 0 Å². The molecule has 0 radical (unpaired) electrons. The van der Waals surface area contributed by atoms with E-state index in [-0.39, 0.29) is 70.4 Å². The van der Waals surface area contributed by atoms with E-state index in [1.54, 1.807) is 23.1 Å². The summed E-state index contributed by atoms with van der Waals surface area (Å²) in [6, 6.07) is 48.9. The van der Waals surface area contributed by atoms with Crippen LogP contribution in [0.4, 0.5) is 9.18 Å². The summed E-state index contributed by atoms with van der Waals surface area (Å²) in [6.45, 7) is 4.95. The average Bonchev–Trinajstić information content (AvgIpc) is 3.45. The van der Waals surface area contributed by atoms with Crippen molar-refractivity contribution in [2.24, 2.45) is 22.9 Å². The number of aliphatic hydroxyl groups excluding tert-OH is 2. The number of carbonyl (C=O) groups excluding carboxylic acids is 1. The van der Waals surface area contributed by atoms with E-state index in [2.05, 4.69) is 30.9 Å². The molecular formula is C63H67FN2O9. The summed E-state index contributed by atoms with van der Waals surface area (Å²) < 4.78 is 48.0. The zero-order valence-electron chi connectivity index (χ0n) is 42.4. The SMILES string of the molecule is C=CCOC12Oc3ccc(Oc4ccc(-c5ccccc5)cc4)cc3C3C(CCCCO)C(CCCCO)C=C(C(=NOCc4ccccc4)CC1N(Cc1ccc(F)cc1)C(=O)OCCOCc1ccccc1)C32. The molecule has 0 saturated heterocycles. The summed E-state index contributed by atoms with van der Waals surface area (Å²) in [7, 11) is 0. The van der Waals surface area contributed by atoms with Crippen molar-refractivity contribution in [1.29, 1.82) is 0 Å². The third-order valence-electron chi connectivity index (χ3n) is 14.5. The molecule has 6 aromatic rings. The van der Waals surface area contributed by atoms with Gasteiger partial charge in [0.2, 0.25) is 5.79 Å². The lowest BCUT2D eigenvalue weighted by molar-refractivity contribution is -0.256. The van der Waals surface area contributed by atoms with Crippen LogP contribution in [-0.2, 0) is 38.8 Å². The lowest BCUT2D eigenvalue weighted by Crippen LogP contribution is -2.70. The summed E-state index contributed by atoms with van der Waals surface area (Å²) >= 11 is 0. The Morgan fingerprint density at radius 1 is 0.747 bits per heavy atom. The van der Waals surface area contributed by atoms with Crippen molar-refractivity contribution in [3.05, 3.63) is 210 Å². The van der Waals surface area contributed by atoms with Crippen LogP contribution in [0.1, 0.15) is 73.1 Å². The number of unbranched alkanes of at least 4 members (excludes halogenated alkanes) is 2. The third kappa shape index (κ3) is 12.9. The summed E-state index contributed by atoms with van der Waals surface area (Å²) in [5.74, 6) is -1.02. The van der Waals surface area contributed by atoms with Gasteiger partial charge in [0.1, 0.15) is 42.3 Å². The standard InChI is InChI=1S/C63H67FN2O9/c1-2-36-72-63-59(66(42-45-24-28-51(64)29-25-45)62(69)71-38-37-70-43-46-16-6-3-7-17-46)41-57(65-73-44-47-18-8-4-9-19-47)55-39-50(22-12-14-34-67)54(23-13-15-35-68)60(61(55)63)56-40-53(32-33-58(56)75-63)74-52-30-26-49(27-31-52)48-20-10-5-11-21-48/h2-11,16-21,24-33,39-40,50,54,59-61,67-68H,1,12-15,22-23,34-38,41-44H2. The third-order valence-corrected chi connectivity index (χ3v) is 14.5. The molecule has 9 rings (SSSR count). The Balaban J connectivity index is 1.17. The van der Waals surface area contributed by atoms with Gasteiger partial charge in [-0.25, -0.2) is 9.18 Å². The zero-order valence-corrected chi connectivity index (χ0v) is 42.4. The van der Waals surface area contributed by atoms with E-state index in [1.165, 1.54) is 12.1 Å². The average molecular weight is 1020 g/mol. The maximum atomic E-state index is 15.1. The Hall–Kier alpha value is -7.09. The van der Waals surface area contributed by atoms with Crippen LogP contribution in [0.2, 0.25) is 0 Å². The van der Waals surface area contributed by atoms with Crippen LogP contribution < -0.4 is 9.47 Å². The minimum atomic E-state index is -1.57. The van der Waals surface area contributed by atoms with Crippen LogP contribution in [0, 0.1) is 23.6 Å². The molecule has 11 nitrogen and oxygen atoms in total. The Bertz CT molecular complexity index is 2830. The molecule has 6 atom stereocenters. The molecular weight excluding hydrogens is 948 g/mol. The van der Waals surface area contributed by atoms with Crippen LogP contribution in [0.5, 0.6) is 17.2 Å². The van der Waals surface area contributed by atoms with E-state index < -0.39 is 29.7 Å². The lowest BCUT2D eigenvalue weighted by Gasteiger charge is -2.59. The van der Waals surface area contributed by atoms with Crippen molar-refractivity contribution in [3.8, 4) is 28.4 Å². The van der Waals surface area contributed by atoms with Crippen LogP contribution in [0.15, 0.2) is 187 Å². The predicted octanol–water partition coefficient (Wildman–Crippen LogP) is 13.0. The fourth-order valence-corrected chi connectivity index (χ4v) is 11.1. The molecule has 0 bridgehead atoms. The first-order valence-electron chi connectivity index (χ1n) is 26.2. The Morgan fingerprint density at radius 3 is 2.09 bits per heavy atom. The molecule has 1 heterocycles. The normalized spacial score (nSPS) is 21.0. The number of ether oxygens (including phenoxy) is 5. The van der Waals surface area contributed by atoms with Gasteiger partial charge in [-0.15, -0.1) is 6.58 Å². The molecule has 3 aliphatic rings. The van der Waals surface area contributed by atoms with E-state index in [1.807, 2.05) is 115 Å². The maximum absolute atomic E-state index is 15.1. The Kier molecular flexibility index (Phi) is 18.2. The zero-order chi connectivity index (χ0) is 51.8. The summed E-state index contributed by atoms with van der Waals surface area (Å²) in [5, 5.41) is 25.2. The van der Waals surface area contributed by atoms with Crippen LogP contribution >= 0.6 is 0 Å². The number of allylic oxidation sites excluding steroid dienone is 1. The highest BCUT2D eigenvalue weighted by atomic mass is 19.1. The van der Waals surface area contributed by atoms with Gasteiger partial charge >= 0.3 is 6.09 Å². The predicted molar refractivity (Wildman–Crippen MR) is 288 cm³/mol. The molecule has 1 aliphatic heterocycles. The number of rotatable bonds is 25. The topological polar surface area (TPSA) is 129 Å². The minimum Gasteiger partial charge on any atom is -0.459 e. The molecule has 0 aromatic heterocycles. The number of benzene rings is 6. The van der Waals surface area contributed by atoms with Gasteiger partial charge in [-0.05, 0) is 113 Å². The highest BCUT2D eigenvalue weighted by Crippen LogP contribution is 2.62. The Labute approximate surface area is 439 Å². The molecule has 1 fully saturated rings. The number of nitrogens with zero attached hydrogens (tertiary/aromatic N) is 2. The molecule has 6 aromatic carbocycles. The minimum absolute atomic E-state index is 0.0108. The Morgan fingerprint density at radius 2 is 1.40 bits per heavy atom. The number of amides is 1. The van der Waals surface area contributed by atoms with E-state index in [0.29, 0.717) is 48.0 Å². The largest absolute Gasteiger partial charge is 0.459 e. The first-order chi connectivity index (χ1) is 36.9. The van der Waals surface area contributed by atoms with Crippen molar-refractivity contribution in [2.75, 3.05) is 33.0 Å². The molecule has 1 amide bonds. The van der Waals surface area contributed by atoms with Crippen LogP contribution in [-0.4, -0.2) is 71.8 Å². The number of aliphatic hydroxyl groups is 2. The van der Waals surface area contributed by atoms with Gasteiger partial charge in [0.15, 0.2) is 0 Å². The van der Waals surface area contributed by atoms with E-state index >= 15 is 4.79 Å². The number of carbonyl (C=O) groups is 1. The van der Waals surface area contributed by atoms with Crippen molar-refractivity contribution >= 4 is 11.8 Å². The quantitative estimate of drug-likeness (QED) is 0.0327. The van der Waals surface area contributed by atoms with E-state index in [0.717, 1.165) is 59.1 Å². The molecule has 2 aliphatic carbocycles.